The van der Waals surface area contributed by atoms with Crippen LogP contribution < -0.4 is 15.0 Å². The van der Waals surface area contributed by atoms with Gasteiger partial charge in [0.25, 0.3) is 5.91 Å². The smallest absolute Gasteiger partial charge is 0.410 e. The zero-order chi connectivity index (χ0) is 21.3. The first-order valence-corrected chi connectivity index (χ1v) is 10.4. The first-order valence-electron chi connectivity index (χ1n) is 10.4. The molecule has 0 bridgehead atoms. The van der Waals surface area contributed by atoms with Crippen LogP contribution in [-0.4, -0.2) is 55.7 Å². The number of quaternary nitrogens is 1. The van der Waals surface area contributed by atoms with Crippen LogP contribution in [0.5, 0.6) is 5.75 Å². The molecule has 0 spiro atoms. The second kappa shape index (κ2) is 10.6. The molecule has 7 nitrogen and oxygen atoms in total. The molecule has 3 rings (SSSR count). The molecule has 1 saturated heterocycles. The van der Waals surface area contributed by atoms with Gasteiger partial charge in [-0.15, -0.1) is 0 Å². The SMILES string of the molecule is CCOC(=O)N1CC[NH+]([C@@H](C)C(=O)Nc2ccc(OCc3ccccc3)cc2)CC1. The summed E-state index contributed by atoms with van der Waals surface area (Å²) in [6.07, 6.45) is -0.275. The summed E-state index contributed by atoms with van der Waals surface area (Å²) in [7, 11) is 0. The van der Waals surface area contributed by atoms with Crippen molar-refractivity contribution in [2.45, 2.75) is 26.5 Å². The van der Waals surface area contributed by atoms with Gasteiger partial charge in [-0.1, -0.05) is 30.3 Å². The van der Waals surface area contributed by atoms with Crippen LogP contribution in [0.4, 0.5) is 10.5 Å². The van der Waals surface area contributed by atoms with E-state index in [9.17, 15) is 9.59 Å². The number of nitrogens with one attached hydrogen (secondary N) is 2. The van der Waals surface area contributed by atoms with E-state index in [1.807, 2.05) is 61.5 Å². The molecule has 2 aromatic rings. The third kappa shape index (κ3) is 5.97. The number of hydrogen-bond donors (Lipinski definition) is 2. The molecule has 1 aliphatic heterocycles. The van der Waals surface area contributed by atoms with E-state index >= 15 is 0 Å². The lowest BCUT2D eigenvalue weighted by molar-refractivity contribution is -0.917. The summed E-state index contributed by atoms with van der Waals surface area (Å²) in [5.74, 6) is 0.721. The normalized spacial score (nSPS) is 15.3. The molecule has 7 heteroatoms. The van der Waals surface area contributed by atoms with Crippen LogP contribution >= 0.6 is 0 Å². The maximum atomic E-state index is 12.7. The fourth-order valence-electron chi connectivity index (χ4n) is 3.44. The van der Waals surface area contributed by atoms with Gasteiger partial charge in [0, 0.05) is 5.69 Å². The number of ether oxygens (including phenoxy) is 2. The number of carbonyl (C=O) groups excluding carboxylic acids is 2. The molecule has 0 radical (unpaired) electrons. The predicted molar refractivity (Wildman–Crippen MR) is 115 cm³/mol. The molecular weight excluding hydrogens is 382 g/mol. The fraction of sp³-hybridized carbons (Fsp3) is 0.391. The number of hydrogen-bond acceptors (Lipinski definition) is 4. The standard InChI is InChI=1S/C23H29N3O4/c1-3-29-23(28)26-15-13-25(14-16-26)18(2)22(27)24-20-9-11-21(12-10-20)30-17-19-7-5-4-6-8-19/h4-12,18H,3,13-17H2,1-2H3,(H,24,27)/p+1/t18-/m0/s1. The molecule has 0 saturated carbocycles. The van der Waals surface area contributed by atoms with Crippen LogP contribution in [-0.2, 0) is 16.1 Å². The highest BCUT2D eigenvalue weighted by atomic mass is 16.6. The number of benzene rings is 2. The maximum absolute atomic E-state index is 12.7. The van der Waals surface area contributed by atoms with Gasteiger partial charge in [0.2, 0.25) is 0 Å². The molecule has 30 heavy (non-hydrogen) atoms. The molecule has 0 unspecified atom stereocenters. The fourth-order valence-corrected chi connectivity index (χ4v) is 3.44. The van der Waals surface area contributed by atoms with Crippen molar-refractivity contribution in [2.75, 3.05) is 38.1 Å². The van der Waals surface area contributed by atoms with E-state index in [0.717, 1.165) is 35.0 Å². The van der Waals surface area contributed by atoms with Gasteiger partial charge in [0.1, 0.15) is 12.4 Å². The topological polar surface area (TPSA) is 72.3 Å². The second-order valence-corrected chi connectivity index (χ2v) is 7.35. The minimum absolute atomic E-state index is 0.0347. The summed E-state index contributed by atoms with van der Waals surface area (Å²) >= 11 is 0. The largest absolute Gasteiger partial charge is 0.489 e. The Hall–Kier alpha value is -3.06. The lowest BCUT2D eigenvalue weighted by atomic mass is 10.2. The van der Waals surface area contributed by atoms with Crippen molar-refractivity contribution in [3.63, 3.8) is 0 Å². The average molecular weight is 413 g/mol. The minimum atomic E-state index is -0.275. The lowest BCUT2D eigenvalue weighted by Gasteiger charge is -2.34. The predicted octanol–water partition coefficient (Wildman–Crippen LogP) is 1.95. The molecule has 0 aliphatic carbocycles. The van der Waals surface area contributed by atoms with Crippen molar-refractivity contribution in [3.05, 3.63) is 60.2 Å². The highest BCUT2D eigenvalue weighted by molar-refractivity contribution is 5.93. The lowest BCUT2D eigenvalue weighted by Crippen LogP contribution is -3.19. The van der Waals surface area contributed by atoms with Gasteiger partial charge in [0.05, 0.1) is 32.8 Å². The van der Waals surface area contributed by atoms with Crippen molar-refractivity contribution in [1.82, 2.24) is 4.90 Å². The van der Waals surface area contributed by atoms with Gasteiger partial charge in [-0.2, -0.15) is 0 Å². The monoisotopic (exact) mass is 412 g/mol. The van der Waals surface area contributed by atoms with Gasteiger partial charge in [-0.25, -0.2) is 4.79 Å². The zero-order valence-electron chi connectivity index (χ0n) is 17.6. The number of amides is 2. The van der Waals surface area contributed by atoms with E-state index in [0.29, 0.717) is 26.3 Å². The van der Waals surface area contributed by atoms with Gasteiger partial charge < -0.3 is 19.7 Å². The Morgan fingerprint density at radius 2 is 1.73 bits per heavy atom. The molecule has 0 aromatic heterocycles. The van der Waals surface area contributed by atoms with E-state index < -0.39 is 0 Å². The summed E-state index contributed by atoms with van der Waals surface area (Å²) in [4.78, 5) is 27.3. The Morgan fingerprint density at radius 3 is 2.37 bits per heavy atom. The summed E-state index contributed by atoms with van der Waals surface area (Å²) in [6, 6.07) is 17.2. The molecule has 160 valence electrons. The summed E-state index contributed by atoms with van der Waals surface area (Å²) < 4.78 is 10.8. The van der Waals surface area contributed by atoms with Crippen molar-refractivity contribution < 1.29 is 24.0 Å². The van der Waals surface area contributed by atoms with Crippen LogP contribution in [0.15, 0.2) is 54.6 Å². The maximum Gasteiger partial charge on any atom is 0.410 e. The molecule has 2 aromatic carbocycles. The first kappa shape index (κ1) is 21.6. The van der Waals surface area contributed by atoms with Crippen molar-refractivity contribution in [1.29, 1.82) is 0 Å². The Balaban J connectivity index is 1.45. The number of anilines is 1. The molecule has 1 aliphatic rings. The molecular formula is C23H30N3O4+. The molecule has 1 atom stereocenters. The Labute approximate surface area is 177 Å². The van der Waals surface area contributed by atoms with Crippen molar-refractivity contribution in [3.8, 4) is 5.75 Å². The number of carbonyl (C=O) groups is 2. The zero-order valence-corrected chi connectivity index (χ0v) is 17.6. The summed E-state index contributed by atoms with van der Waals surface area (Å²) in [6.45, 7) is 7.24. The Kier molecular flexibility index (Phi) is 7.68. The van der Waals surface area contributed by atoms with E-state index in [1.54, 1.807) is 11.8 Å². The molecule has 1 fully saturated rings. The third-order valence-corrected chi connectivity index (χ3v) is 5.31. The first-order chi connectivity index (χ1) is 14.6. The Morgan fingerprint density at radius 1 is 1.07 bits per heavy atom. The van der Waals surface area contributed by atoms with E-state index in [1.165, 1.54) is 0 Å². The second-order valence-electron chi connectivity index (χ2n) is 7.35. The van der Waals surface area contributed by atoms with Gasteiger partial charge >= 0.3 is 6.09 Å². The molecule has 2 N–H and O–H groups in total. The van der Waals surface area contributed by atoms with Crippen molar-refractivity contribution >= 4 is 17.7 Å². The highest BCUT2D eigenvalue weighted by Gasteiger charge is 2.31. The average Bonchev–Trinajstić information content (AvgIpc) is 2.79. The molecule has 2 amide bonds. The van der Waals surface area contributed by atoms with Crippen molar-refractivity contribution in [2.24, 2.45) is 0 Å². The highest BCUT2D eigenvalue weighted by Crippen LogP contribution is 2.17. The van der Waals surface area contributed by atoms with Crippen LogP contribution in [0.2, 0.25) is 0 Å². The van der Waals surface area contributed by atoms with E-state index in [4.69, 9.17) is 9.47 Å². The number of nitrogens with zero attached hydrogens (tertiary/aromatic N) is 1. The quantitative estimate of drug-likeness (QED) is 0.729. The van der Waals surface area contributed by atoms with Gasteiger partial charge in [-0.3, -0.25) is 9.69 Å². The Bertz CT molecular complexity index is 818. The summed E-state index contributed by atoms with van der Waals surface area (Å²) in [5, 5.41) is 2.97. The number of piperazine rings is 1. The molecule has 1 heterocycles. The van der Waals surface area contributed by atoms with E-state index in [-0.39, 0.29) is 18.0 Å². The van der Waals surface area contributed by atoms with Crippen LogP contribution in [0.1, 0.15) is 19.4 Å². The van der Waals surface area contributed by atoms with Gasteiger partial charge in [-0.05, 0) is 43.7 Å². The van der Waals surface area contributed by atoms with E-state index in [2.05, 4.69) is 5.32 Å². The number of rotatable bonds is 7. The van der Waals surface area contributed by atoms with Crippen LogP contribution in [0, 0.1) is 0 Å². The van der Waals surface area contributed by atoms with Crippen LogP contribution in [0.3, 0.4) is 0 Å². The third-order valence-electron chi connectivity index (χ3n) is 5.31. The minimum Gasteiger partial charge on any atom is -0.489 e. The van der Waals surface area contributed by atoms with Gasteiger partial charge in [0.15, 0.2) is 6.04 Å². The summed E-state index contributed by atoms with van der Waals surface area (Å²) in [5.41, 5.74) is 1.85. The van der Waals surface area contributed by atoms with Crippen LogP contribution in [0.25, 0.3) is 0 Å².